The third-order valence-electron chi connectivity index (χ3n) is 2.69. The highest BCUT2D eigenvalue weighted by Crippen LogP contribution is 2.16. The van der Waals surface area contributed by atoms with Crippen LogP contribution in [0.5, 0.6) is 0 Å². The lowest BCUT2D eigenvalue weighted by Gasteiger charge is -2.09. The predicted molar refractivity (Wildman–Crippen MR) is 72.8 cm³/mol. The molecule has 0 heterocycles. The molecular weight excluding hydrogens is 212 g/mol. The van der Waals surface area contributed by atoms with Crippen LogP contribution < -0.4 is 0 Å². The zero-order valence-electron chi connectivity index (χ0n) is 11.3. The SMILES string of the molecule is C=CCC(/C=C/C(=O)OCC)CCCCCC. The normalized spacial score (nSPS) is 12.6. The summed E-state index contributed by atoms with van der Waals surface area (Å²) in [4.78, 5) is 11.2. The van der Waals surface area contributed by atoms with Gasteiger partial charge in [-0.3, -0.25) is 0 Å². The Labute approximate surface area is 106 Å². The second-order valence-corrected chi connectivity index (χ2v) is 4.24. The molecule has 2 nitrogen and oxygen atoms in total. The number of hydrogen-bond donors (Lipinski definition) is 0. The lowest BCUT2D eigenvalue weighted by Crippen LogP contribution is -2.02. The summed E-state index contributed by atoms with van der Waals surface area (Å²) in [6.45, 7) is 8.22. The minimum absolute atomic E-state index is 0.241. The van der Waals surface area contributed by atoms with Gasteiger partial charge in [0, 0.05) is 6.08 Å². The smallest absolute Gasteiger partial charge is 0.330 e. The minimum atomic E-state index is -0.241. The molecule has 0 spiro atoms. The van der Waals surface area contributed by atoms with Crippen LogP contribution in [0.2, 0.25) is 0 Å². The van der Waals surface area contributed by atoms with E-state index in [1.807, 2.05) is 19.1 Å². The Bertz CT molecular complexity index is 231. The molecule has 98 valence electrons. The number of carbonyl (C=O) groups is 1. The Hall–Kier alpha value is -1.05. The van der Waals surface area contributed by atoms with Crippen LogP contribution in [-0.2, 0) is 9.53 Å². The van der Waals surface area contributed by atoms with Gasteiger partial charge in [-0.1, -0.05) is 44.8 Å². The quantitative estimate of drug-likeness (QED) is 0.246. The van der Waals surface area contributed by atoms with Crippen LogP contribution >= 0.6 is 0 Å². The average Bonchev–Trinajstić information content (AvgIpc) is 2.32. The zero-order valence-corrected chi connectivity index (χ0v) is 11.3. The molecule has 0 fully saturated rings. The van der Waals surface area contributed by atoms with E-state index in [0.717, 1.165) is 12.8 Å². The molecule has 0 saturated carbocycles. The van der Waals surface area contributed by atoms with Gasteiger partial charge in [-0.25, -0.2) is 4.79 Å². The first-order valence-electron chi connectivity index (χ1n) is 6.70. The highest BCUT2D eigenvalue weighted by atomic mass is 16.5. The molecule has 0 N–H and O–H groups in total. The van der Waals surface area contributed by atoms with E-state index in [-0.39, 0.29) is 5.97 Å². The molecule has 0 aliphatic carbocycles. The first kappa shape index (κ1) is 16.0. The second kappa shape index (κ2) is 11.4. The molecule has 0 bridgehead atoms. The van der Waals surface area contributed by atoms with Gasteiger partial charge in [0.15, 0.2) is 0 Å². The fraction of sp³-hybridized carbons (Fsp3) is 0.667. The van der Waals surface area contributed by atoms with E-state index in [2.05, 4.69) is 13.5 Å². The summed E-state index contributed by atoms with van der Waals surface area (Å²) in [7, 11) is 0. The van der Waals surface area contributed by atoms with Crippen molar-refractivity contribution in [1.29, 1.82) is 0 Å². The van der Waals surface area contributed by atoms with Gasteiger partial charge in [-0.15, -0.1) is 6.58 Å². The largest absolute Gasteiger partial charge is 0.463 e. The third kappa shape index (κ3) is 9.86. The highest BCUT2D eigenvalue weighted by Gasteiger charge is 2.04. The highest BCUT2D eigenvalue weighted by molar-refractivity contribution is 5.81. The van der Waals surface area contributed by atoms with Crippen molar-refractivity contribution in [3.05, 3.63) is 24.8 Å². The van der Waals surface area contributed by atoms with Gasteiger partial charge in [0.1, 0.15) is 0 Å². The van der Waals surface area contributed by atoms with Gasteiger partial charge in [0.2, 0.25) is 0 Å². The third-order valence-corrected chi connectivity index (χ3v) is 2.69. The number of esters is 1. The van der Waals surface area contributed by atoms with E-state index in [0.29, 0.717) is 12.5 Å². The molecule has 0 aromatic heterocycles. The lowest BCUT2D eigenvalue weighted by atomic mass is 9.97. The Balaban J connectivity index is 3.95. The van der Waals surface area contributed by atoms with Crippen molar-refractivity contribution in [2.75, 3.05) is 6.61 Å². The van der Waals surface area contributed by atoms with Crippen molar-refractivity contribution in [2.24, 2.45) is 5.92 Å². The second-order valence-electron chi connectivity index (χ2n) is 4.24. The average molecular weight is 238 g/mol. The standard InChI is InChI=1S/C15H26O2/c1-4-7-8-9-11-14(10-5-2)12-13-15(16)17-6-3/h5,12-14H,2,4,6-11H2,1,3H3/b13-12+. The summed E-state index contributed by atoms with van der Waals surface area (Å²) in [5, 5.41) is 0. The molecule has 0 aliphatic rings. The van der Waals surface area contributed by atoms with Crippen molar-refractivity contribution in [2.45, 2.75) is 52.4 Å². The summed E-state index contributed by atoms with van der Waals surface area (Å²) in [5.41, 5.74) is 0. The number of rotatable bonds is 10. The number of hydrogen-bond acceptors (Lipinski definition) is 2. The van der Waals surface area contributed by atoms with Crippen LogP contribution in [0.4, 0.5) is 0 Å². The number of ether oxygens (including phenoxy) is 1. The Kier molecular flexibility index (Phi) is 10.7. The van der Waals surface area contributed by atoms with Crippen LogP contribution in [0.25, 0.3) is 0 Å². The Morgan fingerprint density at radius 2 is 2.06 bits per heavy atom. The molecule has 0 rings (SSSR count). The maximum absolute atomic E-state index is 11.2. The van der Waals surface area contributed by atoms with Crippen LogP contribution in [0.15, 0.2) is 24.8 Å². The van der Waals surface area contributed by atoms with Crippen LogP contribution in [0.1, 0.15) is 52.4 Å². The maximum Gasteiger partial charge on any atom is 0.330 e. The molecule has 0 radical (unpaired) electrons. The minimum Gasteiger partial charge on any atom is -0.463 e. The fourth-order valence-corrected chi connectivity index (χ4v) is 1.75. The fourth-order valence-electron chi connectivity index (χ4n) is 1.75. The molecule has 0 aliphatic heterocycles. The summed E-state index contributed by atoms with van der Waals surface area (Å²) < 4.78 is 4.86. The van der Waals surface area contributed by atoms with Gasteiger partial charge in [0.25, 0.3) is 0 Å². The summed E-state index contributed by atoms with van der Waals surface area (Å²) in [6, 6.07) is 0. The van der Waals surface area contributed by atoms with Gasteiger partial charge in [0.05, 0.1) is 6.61 Å². The number of unbranched alkanes of at least 4 members (excludes halogenated alkanes) is 3. The molecule has 2 heteroatoms. The first-order chi connectivity index (χ1) is 8.24. The van der Waals surface area contributed by atoms with Gasteiger partial charge < -0.3 is 4.74 Å². The molecule has 0 aromatic rings. The van der Waals surface area contributed by atoms with Crippen molar-refractivity contribution >= 4 is 5.97 Å². The van der Waals surface area contributed by atoms with Gasteiger partial charge in [-0.05, 0) is 25.7 Å². The predicted octanol–water partition coefficient (Wildman–Crippen LogP) is 4.27. The van der Waals surface area contributed by atoms with E-state index in [1.54, 1.807) is 6.08 Å². The number of carbonyl (C=O) groups excluding carboxylic acids is 1. The van der Waals surface area contributed by atoms with E-state index < -0.39 is 0 Å². The van der Waals surface area contributed by atoms with Gasteiger partial charge >= 0.3 is 5.97 Å². The summed E-state index contributed by atoms with van der Waals surface area (Å²) >= 11 is 0. The number of allylic oxidation sites excluding steroid dienone is 2. The van der Waals surface area contributed by atoms with Crippen molar-refractivity contribution in [3.8, 4) is 0 Å². The summed E-state index contributed by atoms with van der Waals surface area (Å²) in [6.07, 6.45) is 12.5. The van der Waals surface area contributed by atoms with E-state index >= 15 is 0 Å². The topological polar surface area (TPSA) is 26.3 Å². The Morgan fingerprint density at radius 3 is 2.65 bits per heavy atom. The van der Waals surface area contributed by atoms with Crippen LogP contribution in [0.3, 0.4) is 0 Å². The molecule has 17 heavy (non-hydrogen) atoms. The lowest BCUT2D eigenvalue weighted by molar-refractivity contribution is -0.137. The van der Waals surface area contributed by atoms with E-state index in [1.165, 1.54) is 25.7 Å². The first-order valence-corrected chi connectivity index (χ1v) is 6.70. The van der Waals surface area contributed by atoms with Crippen LogP contribution in [-0.4, -0.2) is 12.6 Å². The zero-order chi connectivity index (χ0) is 12.9. The molecule has 1 unspecified atom stereocenters. The van der Waals surface area contributed by atoms with E-state index in [4.69, 9.17) is 4.74 Å². The molecule has 0 amide bonds. The van der Waals surface area contributed by atoms with Crippen molar-refractivity contribution in [1.82, 2.24) is 0 Å². The molecule has 0 saturated heterocycles. The Morgan fingerprint density at radius 1 is 1.29 bits per heavy atom. The molecule has 1 atom stereocenters. The monoisotopic (exact) mass is 238 g/mol. The van der Waals surface area contributed by atoms with Crippen LogP contribution in [0, 0.1) is 5.92 Å². The maximum atomic E-state index is 11.2. The van der Waals surface area contributed by atoms with Gasteiger partial charge in [-0.2, -0.15) is 0 Å². The van der Waals surface area contributed by atoms with E-state index in [9.17, 15) is 4.79 Å². The molecular formula is C15H26O2. The van der Waals surface area contributed by atoms with Crippen molar-refractivity contribution < 1.29 is 9.53 Å². The molecule has 0 aromatic carbocycles. The summed E-state index contributed by atoms with van der Waals surface area (Å²) in [5.74, 6) is 0.184. The van der Waals surface area contributed by atoms with Crippen molar-refractivity contribution in [3.63, 3.8) is 0 Å².